The van der Waals surface area contributed by atoms with Gasteiger partial charge in [-0.15, -0.1) is 0 Å². The van der Waals surface area contributed by atoms with Crippen molar-refractivity contribution in [3.05, 3.63) is 36.1 Å². The Morgan fingerprint density at radius 2 is 2.11 bits per heavy atom. The molecule has 1 aromatic heterocycles. The third-order valence-electron chi connectivity index (χ3n) is 3.02. The molecule has 0 aliphatic rings. The number of nitrogens with one attached hydrogen (secondary N) is 1. The number of hydrogen-bond donors (Lipinski definition) is 1. The predicted octanol–water partition coefficient (Wildman–Crippen LogP) is 3.51. The van der Waals surface area contributed by atoms with E-state index in [-0.39, 0.29) is 6.04 Å². The van der Waals surface area contributed by atoms with Crippen molar-refractivity contribution < 1.29 is 9.15 Å². The molecule has 0 saturated carbocycles. The SMILES string of the molecule is CCCNC(COCC)c1coc2ccccc12. The molecule has 0 saturated heterocycles. The Morgan fingerprint density at radius 3 is 2.89 bits per heavy atom. The quantitative estimate of drug-likeness (QED) is 0.813. The van der Waals surface area contributed by atoms with E-state index in [2.05, 4.69) is 18.3 Å². The average molecular weight is 247 g/mol. The molecule has 3 heteroatoms. The fraction of sp³-hybridized carbons (Fsp3) is 0.467. The molecule has 0 fully saturated rings. The Bertz CT molecular complexity index is 470. The highest BCUT2D eigenvalue weighted by molar-refractivity contribution is 5.81. The van der Waals surface area contributed by atoms with Crippen LogP contribution in [0.15, 0.2) is 34.9 Å². The zero-order valence-electron chi connectivity index (χ0n) is 11.1. The summed E-state index contributed by atoms with van der Waals surface area (Å²) in [5.74, 6) is 0. The maximum Gasteiger partial charge on any atom is 0.134 e. The molecule has 1 heterocycles. The summed E-state index contributed by atoms with van der Waals surface area (Å²) in [6.45, 7) is 6.58. The maximum atomic E-state index is 5.59. The Hall–Kier alpha value is -1.32. The largest absolute Gasteiger partial charge is 0.464 e. The number of hydrogen-bond acceptors (Lipinski definition) is 3. The second-order valence-corrected chi connectivity index (χ2v) is 4.35. The number of para-hydroxylation sites is 1. The Balaban J connectivity index is 2.22. The van der Waals surface area contributed by atoms with E-state index in [1.807, 2.05) is 31.4 Å². The van der Waals surface area contributed by atoms with E-state index >= 15 is 0 Å². The van der Waals surface area contributed by atoms with E-state index in [0.29, 0.717) is 6.61 Å². The first-order valence-electron chi connectivity index (χ1n) is 6.64. The monoisotopic (exact) mass is 247 g/mol. The molecule has 1 atom stereocenters. The van der Waals surface area contributed by atoms with Gasteiger partial charge in [-0.2, -0.15) is 0 Å². The minimum Gasteiger partial charge on any atom is -0.464 e. The molecule has 0 aliphatic heterocycles. The standard InChI is InChI=1S/C15H21NO2/c1-3-9-16-14(11-17-4-2)13-10-18-15-8-6-5-7-12(13)15/h5-8,10,14,16H,3-4,9,11H2,1-2H3. The molecule has 3 nitrogen and oxygen atoms in total. The lowest BCUT2D eigenvalue weighted by Gasteiger charge is -2.17. The van der Waals surface area contributed by atoms with Crippen molar-refractivity contribution in [2.75, 3.05) is 19.8 Å². The van der Waals surface area contributed by atoms with E-state index in [4.69, 9.17) is 9.15 Å². The molecule has 1 unspecified atom stereocenters. The third-order valence-corrected chi connectivity index (χ3v) is 3.02. The predicted molar refractivity (Wildman–Crippen MR) is 73.7 cm³/mol. The van der Waals surface area contributed by atoms with Gasteiger partial charge in [0.25, 0.3) is 0 Å². The summed E-state index contributed by atoms with van der Waals surface area (Å²) in [6.07, 6.45) is 2.95. The van der Waals surface area contributed by atoms with Gasteiger partial charge >= 0.3 is 0 Å². The van der Waals surface area contributed by atoms with Gasteiger partial charge in [0, 0.05) is 17.6 Å². The lowest BCUT2D eigenvalue weighted by atomic mass is 10.1. The molecule has 18 heavy (non-hydrogen) atoms. The zero-order valence-corrected chi connectivity index (χ0v) is 11.1. The van der Waals surface area contributed by atoms with Crippen molar-refractivity contribution >= 4 is 11.0 Å². The van der Waals surface area contributed by atoms with Crippen molar-refractivity contribution in [1.82, 2.24) is 5.32 Å². The van der Waals surface area contributed by atoms with Gasteiger partial charge in [-0.1, -0.05) is 25.1 Å². The van der Waals surface area contributed by atoms with E-state index in [9.17, 15) is 0 Å². The van der Waals surface area contributed by atoms with Gasteiger partial charge in [0.05, 0.1) is 18.9 Å². The third kappa shape index (κ3) is 2.92. The van der Waals surface area contributed by atoms with Crippen LogP contribution in [0.3, 0.4) is 0 Å². The summed E-state index contributed by atoms with van der Waals surface area (Å²) in [5, 5.41) is 4.69. The van der Waals surface area contributed by atoms with Crippen LogP contribution in [0.2, 0.25) is 0 Å². The fourth-order valence-electron chi connectivity index (χ4n) is 2.08. The van der Waals surface area contributed by atoms with E-state index in [1.165, 1.54) is 10.9 Å². The van der Waals surface area contributed by atoms with Crippen LogP contribution in [0.4, 0.5) is 0 Å². The fourth-order valence-corrected chi connectivity index (χ4v) is 2.08. The van der Waals surface area contributed by atoms with E-state index in [0.717, 1.165) is 25.2 Å². The molecule has 1 N–H and O–H groups in total. The lowest BCUT2D eigenvalue weighted by molar-refractivity contribution is 0.123. The van der Waals surface area contributed by atoms with Crippen molar-refractivity contribution in [3.8, 4) is 0 Å². The molecule has 0 bridgehead atoms. The van der Waals surface area contributed by atoms with Crippen LogP contribution in [0.1, 0.15) is 31.9 Å². The minimum atomic E-state index is 0.202. The van der Waals surface area contributed by atoms with Crippen LogP contribution in [-0.4, -0.2) is 19.8 Å². The van der Waals surface area contributed by atoms with Crippen LogP contribution in [0, 0.1) is 0 Å². The number of ether oxygens (including phenoxy) is 1. The van der Waals surface area contributed by atoms with Gasteiger partial charge in [0.1, 0.15) is 5.58 Å². The Labute approximate surface area is 108 Å². The lowest BCUT2D eigenvalue weighted by Crippen LogP contribution is -2.26. The molecule has 0 radical (unpaired) electrons. The molecule has 0 aliphatic carbocycles. The molecule has 2 aromatic rings. The van der Waals surface area contributed by atoms with Gasteiger partial charge in [-0.3, -0.25) is 0 Å². The first-order chi connectivity index (χ1) is 8.86. The summed E-state index contributed by atoms with van der Waals surface area (Å²) in [5.41, 5.74) is 2.12. The first kappa shape index (κ1) is 13.1. The molecule has 98 valence electrons. The summed E-state index contributed by atoms with van der Waals surface area (Å²) < 4.78 is 11.2. The smallest absolute Gasteiger partial charge is 0.134 e. The summed E-state index contributed by atoms with van der Waals surface area (Å²) in [7, 11) is 0. The van der Waals surface area contributed by atoms with E-state index < -0.39 is 0 Å². The van der Waals surface area contributed by atoms with Crippen molar-refractivity contribution in [2.24, 2.45) is 0 Å². The van der Waals surface area contributed by atoms with Crippen LogP contribution in [-0.2, 0) is 4.74 Å². The number of fused-ring (bicyclic) bond motifs is 1. The first-order valence-corrected chi connectivity index (χ1v) is 6.64. The number of rotatable bonds is 7. The summed E-state index contributed by atoms with van der Waals surface area (Å²) in [4.78, 5) is 0. The van der Waals surface area contributed by atoms with Crippen LogP contribution >= 0.6 is 0 Å². The molecule has 0 amide bonds. The molecule has 2 rings (SSSR count). The minimum absolute atomic E-state index is 0.202. The number of benzene rings is 1. The van der Waals surface area contributed by atoms with Gasteiger partial charge < -0.3 is 14.5 Å². The Morgan fingerprint density at radius 1 is 1.28 bits per heavy atom. The summed E-state index contributed by atoms with van der Waals surface area (Å²) >= 11 is 0. The normalized spacial score (nSPS) is 13.0. The highest BCUT2D eigenvalue weighted by Crippen LogP contribution is 2.26. The molecular formula is C15H21NO2. The van der Waals surface area contributed by atoms with Gasteiger partial charge in [0.15, 0.2) is 0 Å². The number of furan rings is 1. The van der Waals surface area contributed by atoms with Crippen molar-refractivity contribution in [1.29, 1.82) is 0 Å². The highest BCUT2D eigenvalue weighted by atomic mass is 16.5. The van der Waals surface area contributed by atoms with Crippen molar-refractivity contribution in [2.45, 2.75) is 26.3 Å². The molecule has 0 spiro atoms. The van der Waals surface area contributed by atoms with Crippen molar-refractivity contribution in [3.63, 3.8) is 0 Å². The average Bonchev–Trinajstić information content (AvgIpc) is 2.83. The Kier molecular flexibility index (Phi) is 4.79. The maximum absolute atomic E-state index is 5.59. The van der Waals surface area contributed by atoms with Gasteiger partial charge in [-0.05, 0) is 26.0 Å². The molecular weight excluding hydrogens is 226 g/mol. The van der Waals surface area contributed by atoms with Crippen LogP contribution in [0.5, 0.6) is 0 Å². The van der Waals surface area contributed by atoms with E-state index in [1.54, 1.807) is 0 Å². The topological polar surface area (TPSA) is 34.4 Å². The molecule has 1 aromatic carbocycles. The summed E-state index contributed by atoms with van der Waals surface area (Å²) in [6, 6.07) is 8.33. The van der Waals surface area contributed by atoms with Gasteiger partial charge in [0.2, 0.25) is 0 Å². The second-order valence-electron chi connectivity index (χ2n) is 4.35. The van der Waals surface area contributed by atoms with Gasteiger partial charge in [-0.25, -0.2) is 0 Å². The van der Waals surface area contributed by atoms with Crippen LogP contribution in [0.25, 0.3) is 11.0 Å². The second kappa shape index (κ2) is 6.57. The highest BCUT2D eigenvalue weighted by Gasteiger charge is 2.16. The zero-order chi connectivity index (χ0) is 12.8. The van der Waals surface area contributed by atoms with Crippen LogP contribution < -0.4 is 5.32 Å².